The van der Waals surface area contributed by atoms with Crippen molar-refractivity contribution in [3.8, 4) is 22.4 Å². The van der Waals surface area contributed by atoms with Gasteiger partial charge in [0.05, 0.1) is 30.4 Å². The van der Waals surface area contributed by atoms with E-state index >= 15 is 0 Å². The van der Waals surface area contributed by atoms with Crippen LogP contribution in [0.3, 0.4) is 0 Å². The topological polar surface area (TPSA) is 107 Å². The number of rotatable bonds is 6. The molecule has 0 saturated carbocycles. The zero-order valence-corrected chi connectivity index (χ0v) is 21.7. The van der Waals surface area contributed by atoms with Crippen molar-refractivity contribution in [1.82, 2.24) is 34.9 Å². The van der Waals surface area contributed by atoms with Gasteiger partial charge in [0.15, 0.2) is 5.82 Å². The minimum Gasteiger partial charge on any atom is -0.378 e. The van der Waals surface area contributed by atoms with Gasteiger partial charge in [-0.25, -0.2) is 9.97 Å². The van der Waals surface area contributed by atoms with Crippen LogP contribution in [-0.2, 0) is 11.8 Å². The second-order valence-electron chi connectivity index (χ2n) is 9.68. The van der Waals surface area contributed by atoms with Crippen LogP contribution in [-0.4, -0.2) is 61.2 Å². The van der Waals surface area contributed by atoms with E-state index in [-0.39, 0.29) is 0 Å². The molecule has 1 aliphatic heterocycles. The molecule has 1 fully saturated rings. The van der Waals surface area contributed by atoms with Crippen LogP contribution in [0.1, 0.15) is 25.3 Å². The van der Waals surface area contributed by atoms with Crippen molar-refractivity contribution >= 4 is 28.5 Å². The van der Waals surface area contributed by atoms with Gasteiger partial charge in [-0.05, 0) is 47.9 Å². The van der Waals surface area contributed by atoms with Crippen molar-refractivity contribution < 1.29 is 4.74 Å². The van der Waals surface area contributed by atoms with Crippen LogP contribution in [0.15, 0.2) is 61.2 Å². The van der Waals surface area contributed by atoms with E-state index in [4.69, 9.17) is 14.8 Å². The number of aromatic nitrogens is 7. The molecule has 6 heterocycles. The van der Waals surface area contributed by atoms with Crippen molar-refractivity contribution in [3.63, 3.8) is 0 Å². The summed E-state index contributed by atoms with van der Waals surface area (Å²) in [6.45, 7) is 7.34. The van der Waals surface area contributed by atoms with Gasteiger partial charge in [0.25, 0.3) is 0 Å². The molecule has 0 atom stereocenters. The fourth-order valence-corrected chi connectivity index (χ4v) is 4.56. The highest BCUT2D eigenvalue weighted by molar-refractivity contribution is 5.86. The Balaban J connectivity index is 1.33. The SMILES string of the molecule is CC(C)c1cnnc(Nc2ccc3ncc(-c4cn(C)nc4-c4ccnc(N5CCOCC5)c4)cc3n2)c1. The van der Waals surface area contributed by atoms with Crippen LogP contribution in [0.4, 0.5) is 17.5 Å². The normalized spacial score (nSPS) is 13.8. The summed E-state index contributed by atoms with van der Waals surface area (Å²) < 4.78 is 7.33. The first-order valence-electron chi connectivity index (χ1n) is 12.7. The largest absolute Gasteiger partial charge is 0.378 e. The zero-order chi connectivity index (χ0) is 26.1. The molecule has 0 unspecified atom stereocenters. The molecular formula is C28H29N9O. The molecule has 5 aromatic heterocycles. The predicted molar refractivity (Wildman–Crippen MR) is 147 cm³/mol. The van der Waals surface area contributed by atoms with Gasteiger partial charge in [0.2, 0.25) is 0 Å². The van der Waals surface area contributed by atoms with Gasteiger partial charge >= 0.3 is 0 Å². The number of nitrogens with zero attached hydrogens (tertiary/aromatic N) is 8. The van der Waals surface area contributed by atoms with Gasteiger partial charge < -0.3 is 15.0 Å². The standard InChI is InChI=1S/C28H29N9O/c1-18(2)20-13-26(34-31-16-20)33-25-5-4-23-24(32-25)12-21(15-30-23)22-17-36(3)35-28(22)19-6-7-29-27(14-19)37-8-10-38-11-9-37/h4-7,12-18H,8-11H2,1-3H3,(H,32,33,34). The van der Waals surface area contributed by atoms with Gasteiger partial charge in [-0.3, -0.25) is 9.67 Å². The minimum atomic E-state index is 0.362. The van der Waals surface area contributed by atoms with Crippen molar-refractivity contribution in [2.45, 2.75) is 19.8 Å². The highest BCUT2D eigenvalue weighted by Crippen LogP contribution is 2.33. The van der Waals surface area contributed by atoms with Crippen LogP contribution in [0.25, 0.3) is 33.4 Å². The van der Waals surface area contributed by atoms with Gasteiger partial charge in [-0.1, -0.05) is 13.8 Å². The van der Waals surface area contributed by atoms with E-state index in [1.54, 1.807) is 6.20 Å². The molecule has 6 rings (SSSR count). The molecule has 1 saturated heterocycles. The van der Waals surface area contributed by atoms with Gasteiger partial charge in [-0.15, -0.1) is 5.10 Å². The summed E-state index contributed by atoms with van der Waals surface area (Å²) in [7, 11) is 1.93. The Bertz CT molecular complexity index is 1590. The second-order valence-corrected chi connectivity index (χ2v) is 9.68. The molecular weight excluding hydrogens is 478 g/mol. The van der Waals surface area contributed by atoms with Crippen molar-refractivity contribution in [2.75, 3.05) is 36.5 Å². The third-order valence-electron chi connectivity index (χ3n) is 6.63. The van der Waals surface area contributed by atoms with E-state index < -0.39 is 0 Å². The van der Waals surface area contributed by atoms with Crippen LogP contribution < -0.4 is 10.2 Å². The lowest BCUT2D eigenvalue weighted by atomic mass is 10.0. The van der Waals surface area contributed by atoms with Crippen molar-refractivity contribution in [3.05, 3.63) is 66.7 Å². The number of ether oxygens (including phenoxy) is 1. The summed E-state index contributed by atoms with van der Waals surface area (Å²) in [5.41, 5.74) is 6.51. The lowest BCUT2D eigenvalue weighted by Gasteiger charge is -2.27. The maximum Gasteiger partial charge on any atom is 0.154 e. The van der Waals surface area contributed by atoms with Crippen molar-refractivity contribution in [2.24, 2.45) is 7.05 Å². The summed E-state index contributed by atoms with van der Waals surface area (Å²) in [6.07, 6.45) is 7.52. The van der Waals surface area contributed by atoms with E-state index in [0.29, 0.717) is 30.8 Å². The third kappa shape index (κ3) is 4.90. The van der Waals surface area contributed by atoms with Gasteiger partial charge in [-0.2, -0.15) is 10.2 Å². The fraction of sp³-hybridized carbons (Fsp3) is 0.286. The molecule has 10 heteroatoms. The number of morpholine rings is 1. The first kappa shape index (κ1) is 23.9. The molecule has 0 spiro atoms. The lowest BCUT2D eigenvalue weighted by molar-refractivity contribution is 0.122. The number of hydrogen-bond acceptors (Lipinski definition) is 9. The second kappa shape index (κ2) is 10.1. The summed E-state index contributed by atoms with van der Waals surface area (Å²) in [6, 6.07) is 12.0. The maximum absolute atomic E-state index is 5.50. The molecule has 5 aromatic rings. The Labute approximate surface area is 220 Å². The Hall–Kier alpha value is -4.44. The Morgan fingerprint density at radius 2 is 1.79 bits per heavy atom. The summed E-state index contributed by atoms with van der Waals surface area (Å²) >= 11 is 0. The van der Waals surface area contributed by atoms with Crippen molar-refractivity contribution in [1.29, 1.82) is 0 Å². The van der Waals surface area contributed by atoms with Crippen LogP contribution in [0.2, 0.25) is 0 Å². The quantitative estimate of drug-likeness (QED) is 0.353. The van der Waals surface area contributed by atoms with E-state index in [0.717, 1.165) is 57.9 Å². The van der Waals surface area contributed by atoms with E-state index in [1.807, 2.05) is 60.7 Å². The Kier molecular flexibility index (Phi) is 6.38. The highest BCUT2D eigenvalue weighted by Gasteiger charge is 2.17. The monoisotopic (exact) mass is 507 g/mol. The Morgan fingerprint density at radius 1 is 0.921 bits per heavy atom. The molecule has 192 valence electrons. The number of pyridine rings is 3. The summed E-state index contributed by atoms with van der Waals surface area (Å²) in [5.74, 6) is 2.64. The Morgan fingerprint density at radius 3 is 2.63 bits per heavy atom. The molecule has 0 aliphatic carbocycles. The van der Waals surface area contributed by atoms with Gasteiger partial charge in [0, 0.05) is 55.4 Å². The molecule has 0 aromatic carbocycles. The van der Waals surface area contributed by atoms with E-state index in [1.165, 1.54) is 0 Å². The molecule has 1 aliphatic rings. The molecule has 0 bridgehead atoms. The summed E-state index contributed by atoms with van der Waals surface area (Å²) in [5, 5.41) is 16.4. The molecule has 1 N–H and O–H groups in total. The molecule has 38 heavy (non-hydrogen) atoms. The number of hydrogen-bond donors (Lipinski definition) is 1. The zero-order valence-electron chi connectivity index (χ0n) is 21.7. The number of anilines is 3. The average Bonchev–Trinajstić information content (AvgIpc) is 3.35. The molecule has 10 nitrogen and oxygen atoms in total. The molecule has 0 amide bonds. The first-order chi connectivity index (χ1) is 18.5. The smallest absolute Gasteiger partial charge is 0.154 e. The fourth-order valence-electron chi connectivity index (χ4n) is 4.56. The lowest BCUT2D eigenvalue weighted by Crippen LogP contribution is -2.36. The van der Waals surface area contributed by atoms with Crippen LogP contribution in [0.5, 0.6) is 0 Å². The minimum absolute atomic E-state index is 0.362. The van der Waals surface area contributed by atoms with Crippen LogP contribution >= 0.6 is 0 Å². The van der Waals surface area contributed by atoms with E-state index in [9.17, 15) is 0 Å². The number of fused-ring (bicyclic) bond motifs is 1. The number of nitrogens with one attached hydrogen (secondary N) is 1. The summed E-state index contributed by atoms with van der Waals surface area (Å²) in [4.78, 5) is 16.3. The predicted octanol–water partition coefficient (Wildman–Crippen LogP) is 4.59. The maximum atomic E-state index is 5.50. The number of aryl methyl sites for hydroxylation is 1. The first-order valence-corrected chi connectivity index (χ1v) is 12.7. The molecule has 0 radical (unpaired) electrons. The van der Waals surface area contributed by atoms with Crippen LogP contribution in [0, 0.1) is 0 Å². The average molecular weight is 508 g/mol. The highest BCUT2D eigenvalue weighted by atomic mass is 16.5. The van der Waals surface area contributed by atoms with E-state index in [2.05, 4.69) is 50.3 Å². The third-order valence-corrected chi connectivity index (χ3v) is 6.63. The van der Waals surface area contributed by atoms with Gasteiger partial charge in [0.1, 0.15) is 17.3 Å².